The lowest BCUT2D eigenvalue weighted by Crippen LogP contribution is -2.32. The number of ether oxygens (including phenoxy) is 2. The van der Waals surface area contributed by atoms with Gasteiger partial charge < -0.3 is 26.0 Å². The van der Waals surface area contributed by atoms with E-state index in [-0.39, 0.29) is 19.0 Å². The standard InChI is InChI=1S/C21H17BrN6O4S/c22-12-6-14-15(32-9-31-14)7-16(12)33-21-27-17-18(24)25-8-26-19(17)28(21)11-3-1-10(2-4-11)5-13(23)20(29)30/h1-4,6-8,13H,5,9,23H2,(H,29,30)(H2,24,25,26)/t13-/m0/s1. The summed E-state index contributed by atoms with van der Waals surface area (Å²) in [6.45, 7) is 0.179. The Balaban J connectivity index is 1.57. The number of fused-ring (bicyclic) bond motifs is 2. The largest absolute Gasteiger partial charge is 0.480 e. The number of hydrogen-bond acceptors (Lipinski definition) is 9. The second kappa shape index (κ2) is 8.54. The number of benzene rings is 2. The third-order valence-electron chi connectivity index (χ3n) is 5.04. The maximum atomic E-state index is 11.1. The van der Waals surface area contributed by atoms with Crippen LogP contribution < -0.4 is 20.9 Å². The van der Waals surface area contributed by atoms with Crippen LogP contribution in [0, 0.1) is 0 Å². The first-order valence-corrected chi connectivity index (χ1v) is 11.4. The topological polar surface area (TPSA) is 151 Å². The molecule has 0 amide bonds. The summed E-state index contributed by atoms with van der Waals surface area (Å²) in [7, 11) is 0. The van der Waals surface area contributed by atoms with Crippen LogP contribution in [-0.4, -0.2) is 43.4 Å². The molecule has 12 heteroatoms. The van der Waals surface area contributed by atoms with Gasteiger partial charge in [-0.3, -0.25) is 9.36 Å². The van der Waals surface area contributed by atoms with Gasteiger partial charge in [-0.25, -0.2) is 15.0 Å². The summed E-state index contributed by atoms with van der Waals surface area (Å²) in [5.41, 5.74) is 14.4. The van der Waals surface area contributed by atoms with Crippen molar-refractivity contribution >= 4 is 50.6 Å². The lowest BCUT2D eigenvalue weighted by atomic mass is 10.1. The molecule has 5 N–H and O–H groups in total. The summed E-state index contributed by atoms with van der Waals surface area (Å²) in [4.78, 5) is 25.1. The van der Waals surface area contributed by atoms with Crippen LogP contribution in [0.5, 0.6) is 11.5 Å². The maximum Gasteiger partial charge on any atom is 0.320 e. The van der Waals surface area contributed by atoms with Crippen LogP contribution >= 0.6 is 27.7 Å². The Morgan fingerprint density at radius 2 is 1.94 bits per heavy atom. The lowest BCUT2D eigenvalue weighted by molar-refractivity contribution is -0.138. The van der Waals surface area contributed by atoms with Crippen molar-refractivity contribution in [3.05, 3.63) is 52.8 Å². The quantitative estimate of drug-likeness (QED) is 0.340. The average Bonchev–Trinajstić information content (AvgIpc) is 3.39. The monoisotopic (exact) mass is 528 g/mol. The van der Waals surface area contributed by atoms with E-state index in [1.165, 1.54) is 18.1 Å². The number of carboxylic acids is 1. The third-order valence-corrected chi connectivity index (χ3v) is 6.97. The van der Waals surface area contributed by atoms with Crippen molar-refractivity contribution in [2.24, 2.45) is 5.73 Å². The number of carbonyl (C=O) groups is 1. The van der Waals surface area contributed by atoms with Gasteiger partial charge in [-0.2, -0.15) is 0 Å². The SMILES string of the molecule is Nc1ncnc2c1nc(Sc1cc3c(cc1Br)OCO3)n2-c1ccc(C[C@H](N)C(=O)O)cc1. The van der Waals surface area contributed by atoms with Crippen LogP contribution in [0.2, 0.25) is 0 Å². The summed E-state index contributed by atoms with van der Waals surface area (Å²) in [5.74, 6) is 0.557. The number of nitrogen functional groups attached to an aromatic ring is 1. The molecule has 2 aromatic heterocycles. The number of nitrogens with zero attached hydrogens (tertiary/aromatic N) is 4. The first-order chi connectivity index (χ1) is 15.9. The van der Waals surface area contributed by atoms with Gasteiger partial charge in [0.05, 0.1) is 0 Å². The summed E-state index contributed by atoms with van der Waals surface area (Å²) < 4.78 is 13.6. The Labute approximate surface area is 200 Å². The molecule has 10 nitrogen and oxygen atoms in total. The molecule has 0 unspecified atom stereocenters. The zero-order valence-corrected chi connectivity index (χ0v) is 19.3. The highest BCUT2D eigenvalue weighted by molar-refractivity contribution is 9.10. The van der Waals surface area contributed by atoms with E-state index >= 15 is 0 Å². The second-order valence-corrected chi connectivity index (χ2v) is 9.08. The number of aliphatic carboxylic acids is 1. The molecule has 0 saturated heterocycles. The molecule has 0 fully saturated rings. The molecular formula is C21H17BrN6O4S. The van der Waals surface area contributed by atoms with E-state index in [1.807, 2.05) is 41.0 Å². The Kier molecular flexibility index (Phi) is 5.56. The van der Waals surface area contributed by atoms with E-state index in [0.717, 1.165) is 20.6 Å². The van der Waals surface area contributed by atoms with Gasteiger partial charge in [0.15, 0.2) is 33.6 Å². The minimum absolute atomic E-state index is 0.179. The highest BCUT2D eigenvalue weighted by atomic mass is 79.9. The van der Waals surface area contributed by atoms with Gasteiger partial charge in [0.2, 0.25) is 6.79 Å². The highest BCUT2D eigenvalue weighted by Crippen LogP contribution is 2.43. The zero-order valence-electron chi connectivity index (χ0n) is 16.9. The molecule has 1 aliphatic heterocycles. The van der Waals surface area contributed by atoms with Gasteiger partial charge in [-0.15, -0.1) is 0 Å². The first kappa shape index (κ1) is 21.5. The molecule has 3 heterocycles. The first-order valence-electron chi connectivity index (χ1n) is 9.74. The highest BCUT2D eigenvalue weighted by Gasteiger charge is 2.22. The maximum absolute atomic E-state index is 11.1. The number of rotatable bonds is 6. The molecule has 0 spiro atoms. The fourth-order valence-electron chi connectivity index (χ4n) is 3.39. The number of anilines is 1. The van der Waals surface area contributed by atoms with Crippen LogP contribution in [0.25, 0.3) is 16.9 Å². The van der Waals surface area contributed by atoms with E-state index in [2.05, 4.69) is 25.9 Å². The normalized spacial score (nSPS) is 13.4. The number of aromatic nitrogens is 4. The second-order valence-electron chi connectivity index (χ2n) is 7.21. The van der Waals surface area contributed by atoms with Crippen molar-refractivity contribution in [3.63, 3.8) is 0 Å². The van der Waals surface area contributed by atoms with Gasteiger partial charge in [-0.1, -0.05) is 12.1 Å². The molecule has 0 aliphatic carbocycles. The summed E-state index contributed by atoms with van der Waals surface area (Å²) in [6.07, 6.45) is 1.61. The van der Waals surface area contributed by atoms with Crippen LogP contribution in [0.15, 0.2) is 57.3 Å². The van der Waals surface area contributed by atoms with Gasteiger partial charge in [0.25, 0.3) is 0 Å². The number of hydrogen-bond donors (Lipinski definition) is 3. The smallest absolute Gasteiger partial charge is 0.320 e. The van der Waals surface area contributed by atoms with Gasteiger partial charge in [-0.05, 0) is 63.9 Å². The Hall–Kier alpha value is -3.35. The molecule has 4 aromatic rings. The average molecular weight is 529 g/mol. The van der Waals surface area contributed by atoms with Crippen molar-refractivity contribution in [1.29, 1.82) is 0 Å². The van der Waals surface area contributed by atoms with Crippen molar-refractivity contribution in [2.45, 2.75) is 22.5 Å². The molecule has 0 saturated carbocycles. The van der Waals surface area contributed by atoms with E-state index < -0.39 is 12.0 Å². The Morgan fingerprint density at radius 1 is 1.21 bits per heavy atom. The van der Waals surface area contributed by atoms with E-state index in [1.54, 1.807) is 0 Å². The van der Waals surface area contributed by atoms with Gasteiger partial charge in [0.1, 0.15) is 12.4 Å². The summed E-state index contributed by atoms with van der Waals surface area (Å²) >= 11 is 4.99. The van der Waals surface area contributed by atoms with Crippen molar-refractivity contribution in [1.82, 2.24) is 19.5 Å². The van der Waals surface area contributed by atoms with Crippen molar-refractivity contribution < 1.29 is 19.4 Å². The number of imidazole rings is 1. The van der Waals surface area contributed by atoms with Gasteiger partial charge >= 0.3 is 5.97 Å². The molecule has 0 bridgehead atoms. The fraction of sp³-hybridized carbons (Fsp3) is 0.143. The number of nitrogens with two attached hydrogens (primary N) is 2. The lowest BCUT2D eigenvalue weighted by Gasteiger charge is -2.11. The summed E-state index contributed by atoms with van der Waals surface area (Å²) in [6, 6.07) is 10.2. The molecule has 1 aliphatic rings. The minimum atomic E-state index is -1.04. The predicted octanol–water partition coefficient (Wildman–Crippen LogP) is 2.99. The zero-order chi connectivity index (χ0) is 23.1. The molecule has 1 atom stereocenters. The van der Waals surface area contributed by atoms with E-state index in [0.29, 0.717) is 27.8 Å². The van der Waals surface area contributed by atoms with Crippen LogP contribution in [0.1, 0.15) is 5.56 Å². The molecule has 168 valence electrons. The number of halogens is 1. The van der Waals surface area contributed by atoms with Gasteiger partial charge in [0, 0.05) is 15.1 Å². The van der Waals surface area contributed by atoms with Crippen LogP contribution in [-0.2, 0) is 11.2 Å². The fourth-order valence-corrected chi connectivity index (χ4v) is 4.89. The third kappa shape index (κ3) is 4.08. The van der Waals surface area contributed by atoms with Crippen LogP contribution in [0.4, 0.5) is 5.82 Å². The van der Waals surface area contributed by atoms with Crippen LogP contribution in [0.3, 0.4) is 0 Å². The Morgan fingerprint density at radius 3 is 2.67 bits per heavy atom. The molecular weight excluding hydrogens is 512 g/mol. The predicted molar refractivity (Wildman–Crippen MR) is 125 cm³/mol. The molecule has 33 heavy (non-hydrogen) atoms. The van der Waals surface area contributed by atoms with E-state index in [9.17, 15) is 4.79 Å². The molecule has 0 radical (unpaired) electrons. The van der Waals surface area contributed by atoms with Crippen molar-refractivity contribution in [3.8, 4) is 17.2 Å². The molecule has 2 aromatic carbocycles. The summed E-state index contributed by atoms with van der Waals surface area (Å²) in [5, 5.41) is 9.68. The number of carboxylic acid groups (broad SMARTS) is 1. The van der Waals surface area contributed by atoms with E-state index in [4.69, 9.17) is 31.0 Å². The van der Waals surface area contributed by atoms with Crippen molar-refractivity contribution in [2.75, 3.05) is 12.5 Å². The Bertz CT molecular complexity index is 1380. The molecule has 5 rings (SSSR count). The minimum Gasteiger partial charge on any atom is -0.480 e.